The number of Topliss-reactive ketones (excluding diaryl/α,β-unsaturated/α-hetero) is 1. The second kappa shape index (κ2) is 5.99. The molecule has 4 nitrogen and oxygen atoms in total. The van der Waals surface area contributed by atoms with Crippen LogP contribution >= 0.6 is 0 Å². The van der Waals surface area contributed by atoms with Gasteiger partial charge < -0.3 is 9.47 Å². The Hall–Kier alpha value is -0.900. The highest BCUT2D eigenvalue weighted by atomic mass is 16.5. The quantitative estimate of drug-likeness (QED) is 0.539. The maximum absolute atomic E-state index is 12.2. The van der Waals surface area contributed by atoms with E-state index in [9.17, 15) is 9.59 Å². The molecule has 16 heavy (non-hydrogen) atoms. The summed E-state index contributed by atoms with van der Waals surface area (Å²) in [6.07, 6.45) is 1.71. The van der Waals surface area contributed by atoms with Gasteiger partial charge in [-0.1, -0.05) is 13.8 Å². The molecule has 92 valence electrons. The van der Waals surface area contributed by atoms with Gasteiger partial charge in [-0.2, -0.15) is 0 Å². The van der Waals surface area contributed by atoms with Crippen LogP contribution in [0.4, 0.5) is 0 Å². The van der Waals surface area contributed by atoms with E-state index >= 15 is 0 Å². The molecule has 2 unspecified atom stereocenters. The van der Waals surface area contributed by atoms with Crippen LogP contribution < -0.4 is 0 Å². The average Bonchev–Trinajstić information content (AvgIpc) is 2.29. The van der Waals surface area contributed by atoms with E-state index < -0.39 is 11.9 Å². The number of ketones is 1. The van der Waals surface area contributed by atoms with Gasteiger partial charge in [0.2, 0.25) is 0 Å². The van der Waals surface area contributed by atoms with Crippen LogP contribution in [0.3, 0.4) is 0 Å². The minimum absolute atomic E-state index is 0.0260. The lowest BCUT2D eigenvalue weighted by atomic mass is 9.83. The van der Waals surface area contributed by atoms with Crippen LogP contribution in [0.2, 0.25) is 0 Å². The number of hydrogen-bond donors (Lipinski definition) is 0. The minimum atomic E-state index is -0.642. The first-order chi connectivity index (χ1) is 7.57. The predicted octanol–water partition coefficient (Wildman–Crippen LogP) is 1.43. The highest BCUT2D eigenvalue weighted by molar-refractivity contribution is 6.00. The van der Waals surface area contributed by atoms with Crippen molar-refractivity contribution in [2.45, 2.75) is 26.7 Å². The first-order valence-corrected chi connectivity index (χ1v) is 5.77. The molecule has 4 heteroatoms. The fourth-order valence-corrected chi connectivity index (χ4v) is 2.06. The summed E-state index contributed by atoms with van der Waals surface area (Å²) in [5.74, 6) is -1.26. The molecule has 1 saturated heterocycles. The zero-order valence-electron chi connectivity index (χ0n) is 10.2. The van der Waals surface area contributed by atoms with Crippen molar-refractivity contribution in [2.24, 2.45) is 17.8 Å². The lowest BCUT2D eigenvalue weighted by molar-refractivity contribution is -0.153. The molecule has 1 rings (SSSR count). The molecule has 0 radical (unpaired) electrons. The molecular formula is C12H20O4. The first kappa shape index (κ1) is 13.2. The van der Waals surface area contributed by atoms with Crippen LogP contribution in [-0.4, -0.2) is 32.1 Å². The Bertz CT molecular complexity index is 254. The Balaban J connectivity index is 2.69. The van der Waals surface area contributed by atoms with Crippen molar-refractivity contribution in [1.29, 1.82) is 0 Å². The third-order valence-corrected chi connectivity index (χ3v) is 2.99. The molecule has 2 atom stereocenters. The van der Waals surface area contributed by atoms with Gasteiger partial charge in [-0.05, 0) is 18.8 Å². The highest BCUT2D eigenvalue weighted by Gasteiger charge is 2.36. The van der Waals surface area contributed by atoms with Gasteiger partial charge in [0, 0.05) is 12.5 Å². The van der Waals surface area contributed by atoms with E-state index in [0.717, 1.165) is 12.8 Å². The molecule has 1 aliphatic rings. The van der Waals surface area contributed by atoms with Gasteiger partial charge in [0.1, 0.15) is 5.92 Å². The molecule has 0 bridgehead atoms. The van der Waals surface area contributed by atoms with Gasteiger partial charge in [0.25, 0.3) is 0 Å². The smallest absolute Gasteiger partial charge is 0.316 e. The van der Waals surface area contributed by atoms with Gasteiger partial charge >= 0.3 is 5.97 Å². The van der Waals surface area contributed by atoms with Crippen LogP contribution in [0.5, 0.6) is 0 Å². The SMILES string of the molecule is COC(=O)C(C(=O)C1CCCOC1)C(C)C. The van der Waals surface area contributed by atoms with E-state index in [4.69, 9.17) is 4.74 Å². The van der Waals surface area contributed by atoms with Crippen LogP contribution in [-0.2, 0) is 19.1 Å². The van der Waals surface area contributed by atoms with Crippen molar-refractivity contribution in [2.75, 3.05) is 20.3 Å². The molecule has 0 aliphatic carbocycles. The summed E-state index contributed by atoms with van der Waals surface area (Å²) in [5, 5.41) is 0. The molecule has 0 saturated carbocycles. The molecular weight excluding hydrogens is 208 g/mol. The average molecular weight is 228 g/mol. The molecule has 1 fully saturated rings. The molecule has 0 aromatic rings. The highest BCUT2D eigenvalue weighted by Crippen LogP contribution is 2.23. The number of methoxy groups -OCH3 is 1. The summed E-state index contributed by atoms with van der Waals surface area (Å²) < 4.78 is 9.96. The Kier molecular flexibility index (Phi) is 4.93. The van der Waals surface area contributed by atoms with Crippen molar-refractivity contribution >= 4 is 11.8 Å². The lowest BCUT2D eigenvalue weighted by Gasteiger charge is -2.25. The molecule has 0 N–H and O–H groups in total. The van der Waals surface area contributed by atoms with E-state index in [1.807, 2.05) is 13.8 Å². The normalized spacial score (nSPS) is 22.9. The van der Waals surface area contributed by atoms with Gasteiger partial charge in [0.15, 0.2) is 5.78 Å². The Morgan fingerprint density at radius 1 is 1.38 bits per heavy atom. The van der Waals surface area contributed by atoms with Crippen molar-refractivity contribution in [3.8, 4) is 0 Å². The largest absolute Gasteiger partial charge is 0.468 e. The number of rotatable bonds is 4. The Morgan fingerprint density at radius 2 is 2.06 bits per heavy atom. The maximum Gasteiger partial charge on any atom is 0.316 e. The van der Waals surface area contributed by atoms with Crippen LogP contribution in [0, 0.1) is 17.8 Å². The van der Waals surface area contributed by atoms with Crippen molar-refractivity contribution < 1.29 is 19.1 Å². The minimum Gasteiger partial charge on any atom is -0.468 e. The van der Waals surface area contributed by atoms with Crippen LogP contribution in [0.25, 0.3) is 0 Å². The molecule has 0 amide bonds. The summed E-state index contributed by atoms with van der Waals surface area (Å²) in [7, 11) is 1.32. The zero-order chi connectivity index (χ0) is 12.1. The summed E-state index contributed by atoms with van der Waals surface area (Å²) in [5.41, 5.74) is 0. The van der Waals surface area contributed by atoms with E-state index in [2.05, 4.69) is 4.74 Å². The fourth-order valence-electron chi connectivity index (χ4n) is 2.06. The maximum atomic E-state index is 12.2. The summed E-state index contributed by atoms with van der Waals surface area (Å²) in [4.78, 5) is 23.7. The van der Waals surface area contributed by atoms with E-state index in [1.54, 1.807) is 0 Å². The first-order valence-electron chi connectivity index (χ1n) is 5.77. The molecule has 1 heterocycles. The molecule has 0 spiro atoms. The van der Waals surface area contributed by atoms with Gasteiger partial charge in [0.05, 0.1) is 13.7 Å². The fraction of sp³-hybridized carbons (Fsp3) is 0.833. The summed E-state index contributed by atoms with van der Waals surface area (Å²) in [6.45, 7) is 4.89. The number of carbonyl (C=O) groups is 2. The number of ether oxygens (including phenoxy) is 2. The van der Waals surface area contributed by atoms with Crippen LogP contribution in [0.15, 0.2) is 0 Å². The summed E-state index contributed by atoms with van der Waals surface area (Å²) in [6, 6.07) is 0. The number of carbonyl (C=O) groups excluding carboxylic acids is 2. The van der Waals surface area contributed by atoms with E-state index in [-0.39, 0.29) is 17.6 Å². The van der Waals surface area contributed by atoms with E-state index in [1.165, 1.54) is 7.11 Å². The Morgan fingerprint density at radius 3 is 2.50 bits per heavy atom. The predicted molar refractivity (Wildman–Crippen MR) is 58.9 cm³/mol. The number of hydrogen-bond acceptors (Lipinski definition) is 4. The number of esters is 1. The van der Waals surface area contributed by atoms with Gasteiger partial charge in [-0.15, -0.1) is 0 Å². The van der Waals surface area contributed by atoms with Gasteiger partial charge in [-0.3, -0.25) is 9.59 Å². The van der Waals surface area contributed by atoms with Crippen molar-refractivity contribution in [3.63, 3.8) is 0 Å². The summed E-state index contributed by atoms with van der Waals surface area (Å²) >= 11 is 0. The van der Waals surface area contributed by atoms with Gasteiger partial charge in [-0.25, -0.2) is 0 Å². The molecule has 0 aromatic heterocycles. The lowest BCUT2D eigenvalue weighted by Crippen LogP contribution is -2.37. The third-order valence-electron chi connectivity index (χ3n) is 2.99. The zero-order valence-corrected chi connectivity index (χ0v) is 10.2. The standard InChI is InChI=1S/C12H20O4/c1-8(2)10(12(14)15-3)11(13)9-5-4-6-16-7-9/h8-10H,4-7H2,1-3H3. The topological polar surface area (TPSA) is 52.6 Å². The monoisotopic (exact) mass is 228 g/mol. The Labute approximate surface area is 96.3 Å². The second-order valence-corrected chi connectivity index (χ2v) is 4.56. The molecule has 0 aromatic carbocycles. The second-order valence-electron chi connectivity index (χ2n) is 4.56. The van der Waals surface area contributed by atoms with E-state index in [0.29, 0.717) is 13.2 Å². The van der Waals surface area contributed by atoms with Crippen molar-refractivity contribution in [1.82, 2.24) is 0 Å². The third kappa shape index (κ3) is 3.04. The van der Waals surface area contributed by atoms with Crippen LogP contribution in [0.1, 0.15) is 26.7 Å². The van der Waals surface area contributed by atoms with Crippen molar-refractivity contribution in [3.05, 3.63) is 0 Å². The molecule has 1 aliphatic heterocycles.